The molecule has 1 aromatic carbocycles. The van der Waals surface area contributed by atoms with Crippen molar-refractivity contribution >= 4 is 11.8 Å². The van der Waals surface area contributed by atoms with E-state index in [1.807, 2.05) is 30.0 Å². The van der Waals surface area contributed by atoms with Crippen molar-refractivity contribution in [2.24, 2.45) is 0 Å². The molecule has 2 amide bonds. The lowest BCUT2D eigenvalue weighted by molar-refractivity contribution is -0.131. The number of hydrogen-bond acceptors (Lipinski definition) is 4. The molecule has 1 N–H and O–H groups in total. The van der Waals surface area contributed by atoms with E-state index in [0.717, 1.165) is 44.6 Å². The van der Waals surface area contributed by atoms with E-state index < -0.39 is 0 Å². The van der Waals surface area contributed by atoms with E-state index in [9.17, 15) is 9.59 Å². The number of rotatable bonds is 7. The SMILES string of the molecule is CCC(=O)N1CCc2nc(C)n(C3C[C@H]4CC[C@@H](C3)N4CC[C@H](NC(C)=O)c3ccccc3)c2C1. The summed E-state index contributed by atoms with van der Waals surface area (Å²) in [5.41, 5.74) is 3.64. The molecular weight excluding hydrogens is 438 g/mol. The molecule has 1 aromatic heterocycles. The predicted molar refractivity (Wildman–Crippen MR) is 136 cm³/mol. The first-order valence-corrected chi connectivity index (χ1v) is 13.4. The monoisotopic (exact) mass is 477 g/mol. The lowest BCUT2D eigenvalue weighted by atomic mass is 9.95. The summed E-state index contributed by atoms with van der Waals surface area (Å²) in [6, 6.07) is 12.0. The van der Waals surface area contributed by atoms with Crippen LogP contribution in [-0.4, -0.2) is 56.3 Å². The molecular formula is C28H39N5O2. The molecule has 1 unspecified atom stereocenters. The summed E-state index contributed by atoms with van der Waals surface area (Å²) in [6.45, 7) is 8.18. The maximum Gasteiger partial charge on any atom is 0.222 e. The number of nitrogens with zero attached hydrogens (tertiary/aromatic N) is 4. The van der Waals surface area contributed by atoms with Gasteiger partial charge >= 0.3 is 0 Å². The number of imidazole rings is 1. The molecule has 188 valence electrons. The Kier molecular flexibility index (Phi) is 6.96. The molecule has 3 aliphatic heterocycles. The number of piperidine rings is 1. The fraction of sp³-hybridized carbons (Fsp3) is 0.607. The summed E-state index contributed by atoms with van der Waals surface area (Å²) in [4.78, 5) is 33.9. The quantitative estimate of drug-likeness (QED) is 0.656. The summed E-state index contributed by atoms with van der Waals surface area (Å²) in [7, 11) is 0. The number of nitrogens with one attached hydrogen (secondary N) is 1. The van der Waals surface area contributed by atoms with Gasteiger partial charge in [-0.15, -0.1) is 0 Å². The minimum Gasteiger partial charge on any atom is -0.349 e. The van der Waals surface area contributed by atoms with Crippen LogP contribution < -0.4 is 5.32 Å². The molecule has 0 spiro atoms. The molecule has 2 saturated heterocycles. The Morgan fingerprint density at radius 2 is 1.83 bits per heavy atom. The summed E-state index contributed by atoms with van der Waals surface area (Å²) < 4.78 is 2.48. The van der Waals surface area contributed by atoms with Gasteiger partial charge in [-0.2, -0.15) is 0 Å². The molecule has 4 heterocycles. The number of hydrogen-bond donors (Lipinski definition) is 1. The van der Waals surface area contributed by atoms with Gasteiger partial charge in [-0.1, -0.05) is 37.3 Å². The minimum atomic E-state index is 0.0245. The second-order valence-electron chi connectivity index (χ2n) is 10.5. The van der Waals surface area contributed by atoms with Gasteiger partial charge in [-0.05, 0) is 44.6 Å². The first-order chi connectivity index (χ1) is 16.9. The fourth-order valence-corrected chi connectivity index (χ4v) is 6.79. The van der Waals surface area contributed by atoms with Crippen LogP contribution in [0.4, 0.5) is 0 Å². The Bertz CT molecular complexity index is 1050. The van der Waals surface area contributed by atoms with Crippen molar-refractivity contribution in [1.29, 1.82) is 0 Å². The zero-order valence-corrected chi connectivity index (χ0v) is 21.4. The molecule has 2 aromatic rings. The van der Waals surface area contributed by atoms with Crippen molar-refractivity contribution in [1.82, 2.24) is 24.7 Å². The van der Waals surface area contributed by atoms with Gasteiger partial charge in [0.25, 0.3) is 0 Å². The third-order valence-corrected chi connectivity index (χ3v) is 8.36. The van der Waals surface area contributed by atoms with Crippen LogP contribution in [0.25, 0.3) is 0 Å². The summed E-state index contributed by atoms with van der Waals surface area (Å²) in [6.07, 6.45) is 7.12. The van der Waals surface area contributed by atoms with Crippen LogP contribution in [0.15, 0.2) is 30.3 Å². The zero-order chi connectivity index (χ0) is 24.5. The minimum absolute atomic E-state index is 0.0245. The zero-order valence-electron chi connectivity index (χ0n) is 21.4. The van der Waals surface area contributed by atoms with Crippen LogP contribution in [-0.2, 0) is 22.6 Å². The van der Waals surface area contributed by atoms with Gasteiger partial charge in [-0.3, -0.25) is 14.5 Å². The Morgan fingerprint density at radius 1 is 1.11 bits per heavy atom. The number of aromatic nitrogens is 2. The Labute approximate surface area is 208 Å². The van der Waals surface area contributed by atoms with E-state index in [1.165, 1.54) is 29.8 Å². The van der Waals surface area contributed by atoms with E-state index in [0.29, 0.717) is 31.1 Å². The van der Waals surface area contributed by atoms with Gasteiger partial charge in [0, 0.05) is 51.0 Å². The van der Waals surface area contributed by atoms with Crippen molar-refractivity contribution in [2.75, 3.05) is 13.1 Å². The molecule has 35 heavy (non-hydrogen) atoms. The number of carbonyl (C=O) groups is 2. The van der Waals surface area contributed by atoms with E-state index in [4.69, 9.17) is 4.98 Å². The summed E-state index contributed by atoms with van der Waals surface area (Å²) in [5, 5.41) is 3.17. The highest BCUT2D eigenvalue weighted by atomic mass is 16.2. The molecule has 0 saturated carbocycles. The first kappa shape index (κ1) is 24.0. The van der Waals surface area contributed by atoms with E-state index >= 15 is 0 Å². The standard InChI is InChI=1S/C28H39N5O2/c1-4-28(35)31-14-12-26-27(18-31)33(19(2)29-26)24-16-22-10-11-23(17-24)32(22)15-13-25(30-20(3)34)21-8-6-5-7-9-21/h5-9,22-25H,4,10-18H2,1-3H3,(H,30,34)/t22-,23+,24?,25-/m0/s1. The third-order valence-electron chi connectivity index (χ3n) is 8.36. The predicted octanol–water partition coefficient (Wildman–Crippen LogP) is 3.92. The van der Waals surface area contributed by atoms with Gasteiger partial charge in [-0.25, -0.2) is 4.98 Å². The second-order valence-corrected chi connectivity index (χ2v) is 10.5. The highest BCUT2D eigenvalue weighted by Gasteiger charge is 2.42. The number of amides is 2. The lowest BCUT2D eigenvalue weighted by Crippen LogP contribution is -2.45. The topological polar surface area (TPSA) is 70.5 Å². The molecule has 0 aliphatic carbocycles. The fourth-order valence-electron chi connectivity index (χ4n) is 6.79. The van der Waals surface area contributed by atoms with Crippen molar-refractivity contribution in [3.05, 3.63) is 53.1 Å². The van der Waals surface area contributed by atoms with E-state index in [1.54, 1.807) is 6.92 Å². The Morgan fingerprint density at radius 3 is 2.49 bits per heavy atom. The van der Waals surface area contributed by atoms with Crippen molar-refractivity contribution in [3.63, 3.8) is 0 Å². The lowest BCUT2D eigenvalue weighted by Gasteiger charge is -2.41. The average Bonchev–Trinajstić information content (AvgIpc) is 3.31. The molecule has 2 fully saturated rings. The maximum atomic E-state index is 12.4. The van der Waals surface area contributed by atoms with Gasteiger partial charge in [0.2, 0.25) is 11.8 Å². The number of benzene rings is 1. The third kappa shape index (κ3) is 4.88. The normalized spacial score (nSPS) is 24.8. The number of aryl methyl sites for hydroxylation is 1. The molecule has 3 aliphatic rings. The highest BCUT2D eigenvalue weighted by Crippen LogP contribution is 2.43. The van der Waals surface area contributed by atoms with Crippen LogP contribution in [0.5, 0.6) is 0 Å². The van der Waals surface area contributed by atoms with Crippen LogP contribution in [0.2, 0.25) is 0 Å². The van der Waals surface area contributed by atoms with Gasteiger partial charge in [0.05, 0.1) is 24.0 Å². The molecule has 0 radical (unpaired) electrons. The first-order valence-electron chi connectivity index (χ1n) is 13.4. The molecule has 4 atom stereocenters. The van der Waals surface area contributed by atoms with Crippen LogP contribution in [0.1, 0.15) is 87.2 Å². The van der Waals surface area contributed by atoms with Gasteiger partial charge < -0.3 is 14.8 Å². The highest BCUT2D eigenvalue weighted by molar-refractivity contribution is 5.76. The van der Waals surface area contributed by atoms with Gasteiger partial charge in [0.1, 0.15) is 5.82 Å². The van der Waals surface area contributed by atoms with Crippen molar-refractivity contribution < 1.29 is 9.59 Å². The summed E-state index contributed by atoms with van der Waals surface area (Å²) >= 11 is 0. The number of fused-ring (bicyclic) bond motifs is 3. The molecule has 5 rings (SSSR count). The summed E-state index contributed by atoms with van der Waals surface area (Å²) in [5.74, 6) is 1.37. The second kappa shape index (κ2) is 10.1. The van der Waals surface area contributed by atoms with Crippen LogP contribution in [0, 0.1) is 6.92 Å². The van der Waals surface area contributed by atoms with Crippen LogP contribution in [0.3, 0.4) is 0 Å². The van der Waals surface area contributed by atoms with E-state index in [2.05, 4.69) is 33.8 Å². The molecule has 7 heteroatoms. The van der Waals surface area contributed by atoms with Crippen LogP contribution >= 0.6 is 0 Å². The Balaban J connectivity index is 1.28. The largest absolute Gasteiger partial charge is 0.349 e. The maximum absolute atomic E-state index is 12.4. The van der Waals surface area contributed by atoms with E-state index in [-0.39, 0.29) is 17.9 Å². The molecule has 2 bridgehead atoms. The average molecular weight is 478 g/mol. The van der Waals surface area contributed by atoms with Gasteiger partial charge in [0.15, 0.2) is 0 Å². The van der Waals surface area contributed by atoms with Crippen molar-refractivity contribution in [2.45, 2.75) is 96.4 Å². The Hall–Kier alpha value is -2.67. The number of carbonyl (C=O) groups excluding carboxylic acids is 2. The smallest absolute Gasteiger partial charge is 0.222 e. The van der Waals surface area contributed by atoms with Crippen molar-refractivity contribution in [3.8, 4) is 0 Å². The molecule has 7 nitrogen and oxygen atoms in total.